The highest BCUT2D eigenvalue weighted by Gasteiger charge is 2.26. The molecule has 0 aromatic heterocycles. The van der Waals surface area contributed by atoms with Gasteiger partial charge in [0.1, 0.15) is 0 Å². The van der Waals surface area contributed by atoms with Gasteiger partial charge in [0.05, 0.1) is 19.3 Å². The van der Waals surface area contributed by atoms with Gasteiger partial charge < -0.3 is 9.84 Å². The van der Waals surface area contributed by atoms with E-state index in [-0.39, 0.29) is 12.0 Å². The lowest BCUT2D eigenvalue weighted by Crippen LogP contribution is -2.32. The maximum absolute atomic E-state index is 9.17. The monoisotopic (exact) mass is 214 g/mol. The van der Waals surface area contributed by atoms with Gasteiger partial charge in [0.25, 0.3) is 0 Å². The Labute approximate surface area is 94.0 Å². The largest absolute Gasteiger partial charge is 0.396 e. The Kier molecular flexibility index (Phi) is 5.07. The first-order valence-corrected chi connectivity index (χ1v) is 6.31. The topological polar surface area (TPSA) is 29.5 Å². The van der Waals surface area contributed by atoms with E-state index in [9.17, 15) is 0 Å². The Morgan fingerprint density at radius 3 is 2.53 bits per heavy atom. The Hall–Kier alpha value is -0.0800. The fraction of sp³-hybridized carbons (Fsp3) is 1.00. The summed E-state index contributed by atoms with van der Waals surface area (Å²) < 4.78 is 5.98. The van der Waals surface area contributed by atoms with E-state index < -0.39 is 0 Å². The van der Waals surface area contributed by atoms with Crippen molar-refractivity contribution in [1.29, 1.82) is 0 Å². The highest BCUT2D eigenvalue weighted by molar-refractivity contribution is 4.76. The first-order valence-electron chi connectivity index (χ1n) is 6.31. The lowest BCUT2D eigenvalue weighted by Gasteiger charge is -2.33. The summed E-state index contributed by atoms with van der Waals surface area (Å²) in [6.45, 7) is 7.25. The minimum absolute atomic E-state index is 0.0876. The second-order valence-electron chi connectivity index (χ2n) is 5.62. The van der Waals surface area contributed by atoms with E-state index in [0.29, 0.717) is 12.7 Å². The minimum Gasteiger partial charge on any atom is -0.396 e. The lowest BCUT2D eigenvalue weighted by molar-refractivity contribution is -0.0572. The molecule has 90 valence electrons. The molecule has 0 aromatic rings. The molecule has 1 fully saturated rings. The van der Waals surface area contributed by atoms with Crippen LogP contribution in [0.2, 0.25) is 0 Å². The average molecular weight is 214 g/mol. The van der Waals surface area contributed by atoms with Gasteiger partial charge >= 0.3 is 0 Å². The normalized spacial score (nSPS) is 28.0. The van der Waals surface area contributed by atoms with Crippen molar-refractivity contribution in [3.63, 3.8) is 0 Å². The van der Waals surface area contributed by atoms with Crippen molar-refractivity contribution in [2.24, 2.45) is 11.3 Å². The SMILES string of the molecule is CCC1CCCCC1OCC(C)(C)CO. The Morgan fingerprint density at radius 1 is 1.27 bits per heavy atom. The van der Waals surface area contributed by atoms with Crippen LogP contribution in [0, 0.1) is 11.3 Å². The van der Waals surface area contributed by atoms with Gasteiger partial charge in [-0.05, 0) is 18.8 Å². The molecule has 15 heavy (non-hydrogen) atoms. The first-order chi connectivity index (χ1) is 7.09. The van der Waals surface area contributed by atoms with Crippen LogP contribution in [0.5, 0.6) is 0 Å². The molecule has 1 aliphatic carbocycles. The minimum atomic E-state index is -0.0876. The summed E-state index contributed by atoms with van der Waals surface area (Å²) in [5, 5.41) is 9.17. The molecule has 0 radical (unpaired) electrons. The third-order valence-electron chi connectivity index (χ3n) is 3.48. The molecule has 0 spiro atoms. The zero-order valence-electron chi connectivity index (χ0n) is 10.5. The third-order valence-corrected chi connectivity index (χ3v) is 3.48. The van der Waals surface area contributed by atoms with Crippen LogP contribution < -0.4 is 0 Å². The van der Waals surface area contributed by atoms with Crippen LogP contribution in [0.3, 0.4) is 0 Å². The molecular formula is C13H26O2. The fourth-order valence-corrected chi connectivity index (χ4v) is 2.24. The van der Waals surface area contributed by atoms with Gasteiger partial charge in [-0.3, -0.25) is 0 Å². The van der Waals surface area contributed by atoms with Crippen LogP contribution in [-0.4, -0.2) is 24.4 Å². The van der Waals surface area contributed by atoms with E-state index in [2.05, 4.69) is 20.8 Å². The van der Waals surface area contributed by atoms with Gasteiger partial charge in [-0.2, -0.15) is 0 Å². The molecule has 1 N–H and O–H groups in total. The smallest absolute Gasteiger partial charge is 0.0603 e. The fourth-order valence-electron chi connectivity index (χ4n) is 2.24. The molecule has 1 rings (SSSR count). The summed E-state index contributed by atoms with van der Waals surface area (Å²) in [4.78, 5) is 0. The molecule has 2 atom stereocenters. The van der Waals surface area contributed by atoms with Gasteiger partial charge in [0.15, 0.2) is 0 Å². The van der Waals surface area contributed by atoms with Crippen molar-refractivity contribution in [3.8, 4) is 0 Å². The standard InChI is InChI=1S/C13H26O2/c1-4-11-7-5-6-8-12(11)15-10-13(2,3)9-14/h11-12,14H,4-10H2,1-3H3. The summed E-state index contributed by atoms with van der Waals surface area (Å²) in [6, 6.07) is 0. The van der Waals surface area contributed by atoms with Gasteiger partial charge in [-0.15, -0.1) is 0 Å². The van der Waals surface area contributed by atoms with E-state index in [1.165, 1.54) is 32.1 Å². The van der Waals surface area contributed by atoms with Crippen molar-refractivity contribution in [2.75, 3.05) is 13.2 Å². The molecule has 0 heterocycles. The maximum atomic E-state index is 9.17. The second kappa shape index (κ2) is 5.86. The number of hydrogen-bond donors (Lipinski definition) is 1. The van der Waals surface area contributed by atoms with Crippen molar-refractivity contribution >= 4 is 0 Å². The summed E-state index contributed by atoms with van der Waals surface area (Å²) in [7, 11) is 0. The number of aliphatic hydroxyl groups is 1. The highest BCUT2D eigenvalue weighted by Crippen LogP contribution is 2.30. The van der Waals surface area contributed by atoms with Gasteiger partial charge in [-0.25, -0.2) is 0 Å². The van der Waals surface area contributed by atoms with E-state index in [0.717, 1.165) is 5.92 Å². The average Bonchev–Trinajstić information content (AvgIpc) is 2.27. The molecule has 2 unspecified atom stereocenters. The van der Waals surface area contributed by atoms with E-state index in [4.69, 9.17) is 9.84 Å². The molecule has 0 aromatic carbocycles. The van der Waals surface area contributed by atoms with E-state index in [1.54, 1.807) is 0 Å². The zero-order chi connectivity index (χ0) is 11.3. The van der Waals surface area contributed by atoms with Crippen LogP contribution in [0.4, 0.5) is 0 Å². The maximum Gasteiger partial charge on any atom is 0.0603 e. The van der Waals surface area contributed by atoms with Crippen molar-refractivity contribution in [3.05, 3.63) is 0 Å². The van der Waals surface area contributed by atoms with Crippen molar-refractivity contribution in [1.82, 2.24) is 0 Å². The number of ether oxygens (including phenoxy) is 1. The molecular weight excluding hydrogens is 188 g/mol. The summed E-state index contributed by atoms with van der Waals surface area (Å²) in [5.74, 6) is 0.744. The van der Waals surface area contributed by atoms with Crippen LogP contribution in [0.1, 0.15) is 52.9 Å². The van der Waals surface area contributed by atoms with Crippen LogP contribution in [-0.2, 0) is 4.74 Å². The molecule has 1 saturated carbocycles. The lowest BCUT2D eigenvalue weighted by atomic mass is 9.84. The summed E-state index contributed by atoms with van der Waals surface area (Å²) >= 11 is 0. The number of hydrogen-bond acceptors (Lipinski definition) is 2. The molecule has 1 aliphatic rings. The molecule has 0 aliphatic heterocycles. The molecule has 2 heteroatoms. The Bertz CT molecular complexity index is 177. The second-order valence-corrected chi connectivity index (χ2v) is 5.62. The number of rotatable bonds is 5. The van der Waals surface area contributed by atoms with Crippen molar-refractivity contribution < 1.29 is 9.84 Å². The summed E-state index contributed by atoms with van der Waals surface area (Å²) in [6.07, 6.45) is 6.86. The Morgan fingerprint density at radius 2 is 1.93 bits per heavy atom. The predicted molar refractivity (Wildman–Crippen MR) is 62.9 cm³/mol. The molecule has 2 nitrogen and oxygen atoms in total. The van der Waals surface area contributed by atoms with Gasteiger partial charge in [0.2, 0.25) is 0 Å². The van der Waals surface area contributed by atoms with Crippen molar-refractivity contribution in [2.45, 2.75) is 59.0 Å². The molecule has 0 amide bonds. The predicted octanol–water partition coefficient (Wildman–Crippen LogP) is 2.99. The van der Waals surface area contributed by atoms with Gasteiger partial charge in [-0.1, -0.05) is 40.0 Å². The molecule has 0 bridgehead atoms. The number of aliphatic hydroxyl groups excluding tert-OH is 1. The zero-order valence-corrected chi connectivity index (χ0v) is 10.5. The van der Waals surface area contributed by atoms with E-state index >= 15 is 0 Å². The molecule has 0 saturated heterocycles. The summed E-state index contributed by atoms with van der Waals surface area (Å²) in [5.41, 5.74) is -0.0876. The van der Waals surface area contributed by atoms with Crippen LogP contribution in [0.15, 0.2) is 0 Å². The first kappa shape index (κ1) is 13.0. The highest BCUT2D eigenvalue weighted by atomic mass is 16.5. The van der Waals surface area contributed by atoms with Crippen LogP contribution in [0.25, 0.3) is 0 Å². The van der Waals surface area contributed by atoms with Gasteiger partial charge in [0, 0.05) is 5.41 Å². The third kappa shape index (κ3) is 4.12. The van der Waals surface area contributed by atoms with Crippen LogP contribution >= 0.6 is 0 Å². The van der Waals surface area contributed by atoms with E-state index in [1.807, 2.05) is 0 Å². The quantitative estimate of drug-likeness (QED) is 0.762. The Balaban J connectivity index is 2.35.